The summed E-state index contributed by atoms with van der Waals surface area (Å²) in [4.78, 5) is 9.89. The fraction of sp³-hybridized carbons (Fsp3) is 0.917. The Hall–Kier alpha value is -0.410. The lowest BCUT2D eigenvalue weighted by atomic mass is 10.1. The van der Waals surface area contributed by atoms with Crippen LogP contribution in [0, 0.1) is 0 Å². The van der Waals surface area contributed by atoms with Crippen LogP contribution in [-0.4, -0.2) is 29.2 Å². The van der Waals surface area contributed by atoms with Gasteiger partial charge in [0.05, 0.1) is 12.7 Å². The van der Waals surface area contributed by atoms with Crippen molar-refractivity contribution in [3.63, 3.8) is 0 Å². The number of aliphatic hydroxyl groups excluding tert-OH is 2. The van der Waals surface area contributed by atoms with Crippen molar-refractivity contribution in [2.75, 3.05) is 6.61 Å². The molecule has 15 heavy (non-hydrogen) atoms. The molecule has 0 aromatic rings. The Kier molecular flexibility index (Phi) is 18.2. The zero-order chi connectivity index (χ0) is 11.9. The van der Waals surface area contributed by atoms with Crippen molar-refractivity contribution in [3.8, 4) is 0 Å². The highest BCUT2D eigenvalue weighted by Crippen LogP contribution is 2.05. The van der Waals surface area contributed by atoms with Crippen LogP contribution in [0.15, 0.2) is 0 Å². The highest BCUT2D eigenvalue weighted by Gasteiger charge is 1.87. The molecule has 0 aliphatic carbocycles. The Morgan fingerprint density at radius 3 is 2.00 bits per heavy atom. The normalized spacial score (nSPS) is 11.5. The smallest absolute Gasteiger partial charge is 0.119 e. The fourth-order valence-electron chi connectivity index (χ4n) is 1.01. The van der Waals surface area contributed by atoms with Gasteiger partial charge >= 0.3 is 0 Å². The van der Waals surface area contributed by atoms with Crippen molar-refractivity contribution in [1.82, 2.24) is 0 Å². The molecule has 0 aromatic carbocycles. The van der Waals surface area contributed by atoms with Crippen LogP contribution in [0.5, 0.6) is 0 Å². The van der Waals surface area contributed by atoms with Crippen LogP contribution in [0.3, 0.4) is 0 Å². The Morgan fingerprint density at radius 2 is 1.60 bits per heavy atom. The van der Waals surface area contributed by atoms with Gasteiger partial charge in [-0.1, -0.05) is 39.0 Å². The number of hydrogen-bond acceptors (Lipinski definition) is 3. The second-order valence-electron chi connectivity index (χ2n) is 3.75. The van der Waals surface area contributed by atoms with E-state index in [0.717, 1.165) is 19.1 Å². The molecule has 0 aliphatic rings. The summed E-state index contributed by atoms with van der Waals surface area (Å²) < 4.78 is 0. The molecule has 0 amide bonds. The van der Waals surface area contributed by atoms with E-state index < -0.39 is 6.10 Å². The Labute approximate surface area is 93.5 Å². The zero-order valence-electron chi connectivity index (χ0n) is 10.1. The first-order chi connectivity index (χ1) is 7.18. The summed E-state index contributed by atoms with van der Waals surface area (Å²) in [5.74, 6) is 0. The molecule has 0 aromatic heterocycles. The third kappa shape index (κ3) is 24.7. The van der Waals surface area contributed by atoms with Crippen LogP contribution in [0.2, 0.25) is 0 Å². The molecular formula is C12H26O3. The molecule has 0 saturated heterocycles. The van der Waals surface area contributed by atoms with Crippen LogP contribution >= 0.6 is 0 Å². The van der Waals surface area contributed by atoms with E-state index in [4.69, 9.17) is 10.2 Å². The molecule has 0 heterocycles. The molecule has 0 bridgehead atoms. The minimum absolute atomic E-state index is 0.139. The van der Waals surface area contributed by atoms with Gasteiger partial charge in [-0.2, -0.15) is 0 Å². The average Bonchev–Trinajstić information content (AvgIpc) is 2.24. The van der Waals surface area contributed by atoms with E-state index in [1.54, 1.807) is 0 Å². The topological polar surface area (TPSA) is 57.5 Å². The van der Waals surface area contributed by atoms with Gasteiger partial charge in [-0.15, -0.1) is 0 Å². The summed E-state index contributed by atoms with van der Waals surface area (Å²) in [6.07, 6.45) is 8.83. The Balaban J connectivity index is 0. The highest BCUT2D eigenvalue weighted by molar-refractivity contribution is 5.48. The molecule has 0 radical (unpaired) electrons. The Bertz CT molecular complexity index is 113. The summed E-state index contributed by atoms with van der Waals surface area (Å²) in [7, 11) is 0. The lowest BCUT2D eigenvalue weighted by molar-refractivity contribution is -0.107. The van der Waals surface area contributed by atoms with E-state index >= 15 is 0 Å². The SMILES string of the molecule is CC(O)CO.CCCCCCCCC=O. The van der Waals surface area contributed by atoms with Crippen molar-refractivity contribution >= 4 is 6.29 Å². The second-order valence-corrected chi connectivity index (χ2v) is 3.75. The molecule has 0 aliphatic heterocycles. The van der Waals surface area contributed by atoms with Gasteiger partial charge in [-0.3, -0.25) is 0 Å². The van der Waals surface area contributed by atoms with Gasteiger partial charge in [0.25, 0.3) is 0 Å². The first kappa shape index (κ1) is 17.0. The average molecular weight is 218 g/mol. The molecule has 92 valence electrons. The highest BCUT2D eigenvalue weighted by atomic mass is 16.3. The standard InChI is InChI=1S/C9H18O.C3H8O2/c1-2-3-4-5-6-7-8-9-10;1-3(5)2-4/h9H,2-8H2,1H3;3-5H,2H2,1H3. The number of hydrogen-bond donors (Lipinski definition) is 2. The van der Waals surface area contributed by atoms with Gasteiger partial charge in [0, 0.05) is 6.42 Å². The first-order valence-corrected chi connectivity index (χ1v) is 5.91. The minimum Gasteiger partial charge on any atom is -0.394 e. The van der Waals surface area contributed by atoms with Crippen molar-refractivity contribution in [2.24, 2.45) is 0 Å². The zero-order valence-corrected chi connectivity index (χ0v) is 10.1. The largest absolute Gasteiger partial charge is 0.394 e. The van der Waals surface area contributed by atoms with E-state index in [-0.39, 0.29) is 6.61 Å². The molecule has 1 atom stereocenters. The van der Waals surface area contributed by atoms with E-state index in [1.807, 2.05) is 0 Å². The number of carbonyl (C=O) groups is 1. The lowest BCUT2D eigenvalue weighted by Gasteiger charge is -1.95. The number of aliphatic hydroxyl groups is 2. The summed E-state index contributed by atoms with van der Waals surface area (Å²) in [6, 6.07) is 0. The van der Waals surface area contributed by atoms with Crippen molar-refractivity contribution < 1.29 is 15.0 Å². The van der Waals surface area contributed by atoms with Gasteiger partial charge in [-0.05, 0) is 13.3 Å². The quantitative estimate of drug-likeness (QED) is 0.485. The maximum absolute atomic E-state index is 9.89. The van der Waals surface area contributed by atoms with Crippen LogP contribution < -0.4 is 0 Å². The molecule has 3 nitrogen and oxygen atoms in total. The van der Waals surface area contributed by atoms with E-state index in [2.05, 4.69) is 6.92 Å². The van der Waals surface area contributed by atoms with E-state index in [0.29, 0.717) is 0 Å². The molecule has 2 N–H and O–H groups in total. The maximum atomic E-state index is 9.89. The molecule has 0 fully saturated rings. The minimum atomic E-state index is -0.560. The van der Waals surface area contributed by atoms with Crippen molar-refractivity contribution in [2.45, 2.75) is 64.9 Å². The molecule has 0 spiro atoms. The van der Waals surface area contributed by atoms with E-state index in [1.165, 1.54) is 39.0 Å². The van der Waals surface area contributed by atoms with Crippen LogP contribution in [0.25, 0.3) is 0 Å². The molecule has 1 unspecified atom stereocenters. The number of rotatable bonds is 8. The lowest BCUT2D eigenvalue weighted by Crippen LogP contribution is -2.03. The first-order valence-electron chi connectivity index (χ1n) is 5.91. The van der Waals surface area contributed by atoms with Gasteiger partial charge in [0.2, 0.25) is 0 Å². The maximum Gasteiger partial charge on any atom is 0.119 e. The molecular weight excluding hydrogens is 192 g/mol. The van der Waals surface area contributed by atoms with Gasteiger partial charge in [-0.25, -0.2) is 0 Å². The van der Waals surface area contributed by atoms with Gasteiger partial charge in [0.15, 0.2) is 0 Å². The third-order valence-electron chi connectivity index (χ3n) is 1.94. The van der Waals surface area contributed by atoms with Gasteiger partial charge < -0.3 is 15.0 Å². The van der Waals surface area contributed by atoms with Crippen LogP contribution in [0.1, 0.15) is 58.8 Å². The fourth-order valence-corrected chi connectivity index (χ4v) is 1.01. The summed E-state index contributed by atoms with van der Waals surface area (Å²) in [5.41, 5.74) is 0. The molecule has 0 rings (SSSR count). The van der Waals surface area contributed by atoms with Crippen LogP contribution in [0.4, 0.5) is 0 Å². The monoisotopic (exact) mass is 218 g/mol. The predicted molar refractivity (Wildman–Crippen MR) is 62.8 cm³/mol. The second kappa shape index (κ2) is 16.0. The van der Waals surface area contributed by atoms with Crippen molar-refractivity contribution in [3.05, 3.63) is 0 Å². The van der Waals surface area contributed by atoms with Gasteiger partial charge in [0.1, 0.15) is 6.29 Å². The summed E-state index contributed by atoms with van der Waals surface area (Å²) in [6.45, 7) is 3.60. The summed E-state index contributed by atoms with van der Waals surface area (Å²) >= 11 is 0. The van der Waals surface area contributed by atoms with Crippen molar-refractivity contribution in [1.29, 1.82) is 0 Å². The number of carbonyl (C=O) groups excluding carboxylic acids is 1. The number of aldehydes is 1. The van der Waals surface area contributed by atoms with E-state index in [9.17, 15) is 4.79 Å². The summed E-state index contributed by atoms with van der Waals surface area (Å²) in [5, 5.41) is 16.0. The Morgan fingerprint density at radius 1 is 1.13 bits per heavy atom. The van der Waals surface area contributed by atoms with Crippen LogP contribution in [-0.2, 0) is 4.79 Å². The molecule has 3 heteroatoms. The molecule has 0 saturated carbocycles. The number of unbranched alkanes of at least 4 members (excludes halogenated alkanes) is 6. The third-order valence-corrected chi connectivity index (χ3v) is 1.94. The predicted octanol–water partition coefficient (Wildman–Crippen LogP) is 2.30.